The Morgan fingerprint density at radius 2 is 2.04 bits per heavy atom. The predicted octanol–water partition coefficient (Wildman–Crippen LogP) is 3.87. The van der Waals surface area contributed by atoms with Gasteiger partial charge in [-0.25, -0.2) is 9.97 Å². The monoisotopic (exact) mass is 312 g/mol. The van der Waals surface area contributed by atoms with Crippen LogP contribution in [-0.2, 0) is 13.0 Å². The first kappa shape index (κ1) is 15.6. The maximum Gasteiger partial charge on any atom is 0.152 e. The van der Waals surface area contributed by atoms with Crippen LogP contribution >= 0.6 is 0 Å². The van der Waals surface area contributed by atoms with Gasteiger partial charge in [-0.1, -0.05) is 27.2 Å². The van der Waals surface area contributed by atoms with Gasteiger partial charge < -0.3 is 15.4 Å². The summed E-state index contributed by atoms with van der Waals surface area (Å²) in [6, 6.07) is 5.25. The number of phenols is 1. The zero-order chi connectivity index (χ0) is 16.6. The summed E-state index contributed by atoms with van der Waals surface area (Å²) < 4.78 is 2.28. The van der Waals surface area contributed by atoms with E-state index in [-0.39, 0.29) is 5.75 Å². The predicted molar refractivity (Wildman–Crippen MR) is 94.6 cm³/mol. The summed E-state index contributed by atoms with van der Waals surface area (Å²) in [6.45, 7) is 7.49. The van der Waals surface area contributed by atoms with Crippen molar-refractivity contribution in [1.29, 1.82) is 0 Å². The molecule has 0 aliphatic rings. The minimum absolute atomic E-state index is 0.199. The fourth-order valence-corrected chi connectivity index (χ4v) is 3.03. The summed E-state index contributed by atoms with van der Waals surface area (Å²) >= 11 is 0. The van der Waals surface area contributed by atoms with Crippen molar-refractivity contribution in [2.45, 2.75) is 46.6 Å². The van der Waals surface area contributed by atoms with Gasteiger partial charge in [0.2, 0.25) is 0 Å². The molecule has 3 N–H and O–H groups in total. The third kappa shape index (κ3) is 2.83. The van der Waals surface area contributed by atoms with Gasteiger partial charge in [-0.3, -0.25) is 0 Å². The molecule has 0 aliphatic heterocycles. The molecule has 23 heavy (non-hydrogen) atoms. The molecule has 0 saturated heterocycles. The average molecular weight is 312 g/mol. The van der Waals surface area contributed by atoms with Crippen molar-refractivity contribution in [2.75, 3.05) is 5.73 Å². The van der Waals surface area contributed by atoms with Gasteiger partial charge in [-0.2, -0.15) is 0 Å². The number of nitrogens with two attached hydrogens (primary N) is 1. The van der Waals surface area contributed by atoms with Gasteiger partial charge >= 0.3 is 0 Å². The minimum Gasteiger partial charge on any atom is -0.508 e. The topological polar surface area (TPSA) is 77.0 Å². The van der Waals surface area contributed by atoms with E-state index < -0.39 is 0 Å². The maximum absolute atomic E-state index is 9.73. The Labute approximate surface area is 136 Å². The smallest absolute Gasteiger partial charge is 0.152 e. The molecule has 2 aromatic heterocycles. The highest BCUT2D eigenvalue weighted by Crippen LogP contribution is 2.31. The summed E-state index contributed by atoms with van der Waals surface area (Å²) in [5.74, 6) is 2.21. The standard InChI is InChI=1S/C18H24N4O/c1-4-5-6-15-21-16-17(22(15)10-11(2)3)13-8-7-12(23)9-14(13)20-18(16)19/h7-9,11,23H,4-6,10H2,1-3H3,(H2,19,20). The number of benzene rings is 1. The van der Waals surface area contributed by atoms with E-state index in [1.165, 1.54) is 0 Å². The number of fused-ring (bicyclic) bond motifs is 3. The lowest BCUT2D eigenvalue weighted by Crippen LogP contribution is -2.09. The zero-order valence-electron chi connectivity index (χ0n) is 14.0. The molecular weight excluding hydrogens is 288 g/mol. The minimum atomic E-state index is 0.199. The molecule has 0 spiro atoms. The lowest BCUT2D eigenvalue weighted by molar-refractivity contribution is 0.476. The number of hydrogen-bond donors (Lipinski definition) is 2. The maximum atomic E-state index is 9.73. The van der Waals surface area contributed by atoms with E-state index in [1.54, 1.807) is 12.1 Å². The fraction of sp³-hybridized carbons (Fsp3) is 0.444. The first-order valence-electron chi connectivity index (χ1n) is 8.28. The van der Waals surface area contributed by atoms with E-state index in [2.05, 4.69) is 30.3 Å². The molecule has 0 saturated carbocycles. The second-order valence-electron chi connectivity index (χ2n) is 6.53. The molecule has 3 rings (SSSR count). The van der Waals surface area contributed by atoms with Crippen molar-refractivity contribution in [2.24, 2.45) is 5.92 Å². The Morgan fingerprint density at radius 3 is 2.74 bits per heavy atom. The van der Waals surface area contributed by atoms with Crippen LogP contribution in [0.1, 0.15) is 39.4 Å². The number of hydrogen-bond acceptors (Lipinski definition) is 4. The number of imidazole rings is 1. The Morgan fingerprint density at radius 1 is 1.26 bits per heavy atom. The molecule has 0 atom stereocenters. The Balaban J connectivity index is 2.33. The first-order valence-corrected chi connectivity index (χ1v) is 8.28. The molecule has 2 heterocycles. The van der Waals surface area contributed by atoms with Gasteiger partial charge in [-0.05, 0) is 24.5 Å². The molecule has 5 nitrogen and oxygen atoms in total. The Bertz CT molecular complexity index is 851. The third-order valence-corrected chi connectivity index (χ3v) is 4.07. The molecular formula is C18H24N4O. The molecule has 0 fully saturated rings. The number of aromatic nitrogens is 3. The normalized spacial score (nSPS) is 11.8. The lowest BCUT2D eigenvalue weighted by atomic mass is 10.1. The molecule has 3 aromatic rings. The van der Waals surface area contributed by atoms with Crippen molar-refractivity contribution >= 4 is 27.8 Å². The molecule has 0 unspecified atom stereocenters. The molecule has 5 heteroatoms. The average Bonchev–Trinajstić information content (AvgIpc) is 2.84. The summed E-state index contributed by atoms with van der Waals surface area (Å²) in [4.78, 5) is 9.21. The van der Waals surface area contributed by atoms with Crippen LogP contribution in [-0.4, -0.2) is 19.6 Å². The quantitative estimate of drug-likeness (QED) is 0.749. The molecule has 0 amide bonds. The van der Waals surface area contributed by atoms with Crippen molar-refractivity contribution in [3.8, 4) is 5.75 Å². The zero-order valence-corrected chi connectivity index (χ0v) is 14.0. The van der Waals surface area contributed by atoms with E-state index in [1.807, 2.05) is 6.07 Å². The van der Waals surface area contributed by atoms with Crippen molar-refractivity contribution in [1.82, 2.24) is 14.5 Å². The molecule has 0 aliphatic carbocycles. The van der Waals surface area contributed by atoms with Crippen LogP contribution in [0, 0.1) is 5.92 Å². The van der Waals surface area contributed by atoms with Gasteiger partial charge in [0.25, 0.3) is 0 Å². The van der Waals surface area contributed by atoms with Crippen molar-refractivity contribution in [3.05, 3.63) is 24.0 Å². The highest BCUT2D eigenvalue weighted by molar-refractivity contribution is 6.06. The number of nitrogen functional groups attached to an aromatic ring is 1. The lowest BCUT2D eigenvalue weighted by Gasteiger charge is -2.13. The molecule has 0 bridgehead atoms. The van der Waals surface area contributed by atoms with Crippen LogP contribution in [0.4, 0.5) is 5.82 Å². The Kier molecular flexibility index (Phi) is 4.11. The van der Waals surface area contributed by atoms with Gasteiger partial charge in [-0.15, -0.1) is 0 Å². The summed E-state index contributed by atoms with van der Waals surface area (Å²) in [5, 5.41) is 10.7. The van der Waals surface area contributed by atoms with E-state index in [9.17, 15) is 5.11 Å². The van der Waals surface area contributed by atoms with Crippen molar-refractivity contribution in [3.63, 3.8) is 0 Å². The number of unbranched alkanes of at least 4 members (excludes halogenated alkanes) is 1. The Hall–Kier alpha value is -2.30. The summed E-state index contributed by atoms with van der Waals surface area (Å²) in [7, 11) is 0. The summed E-state index contributed by atoms with van der Waals surface area (Å²) in [5.41, 5.74) is 8.66. The SMILES string of the molecule is CCCCc1nc2c(N)nc3cc(O)ccc3c2n1CC(C)C. The largest absolute Gasteiger partial charge is 0.508 e. The van der Waals surface area contributed by atoms with Gasteiger partial charge in [0.15, 0.2) is 5.82 Å². The number of nitrogens with zero attached hydrogens (tertiary/aromatic N) is 3. The number of rotatable bonds is 5. The van der Waals surface area contributed by atoms with E-state index in [0.29, 0.717) is 17.3 Å². The van der Waals surface area contributed by atoms with E-state index >= 15 is 0 Å². The molecule has 0 radical (unpaired) electrons. The number of phenolic OH excluding ortho intramolecular Hbond substituents is 1. The van der Waals surface area contributed by atoms with E-state index in [0.717, 1.165) is 48.1 Å². The van der Waals surface area contributed by atoms with Gasteiger partial charge in [0, 0.05) is 24.4 Å². The third-order valence-electron chi connectivity index (χ3n) is 4.07. The number of aromatic hydroxyl groups is 1. The summed E-state index contributed by atoms with van der Waals surface area (Å²) in [6.07, 6.45) is 3.18. The highest BCUT2D eigenvalue weighted by atomic mass is 16.3. The van der Waals surface area contributed by atoms with Crippen LogP contribution in [0.25, 0.3) is 21.9 Å². The number of anilines is 1. The van der Waals surface area contributed by atoms with Crippen LogP contribution < -0.4 is 5.73 Å². The first-order chi connectivity index (χ1) is 11.0. The number of aryl methyl sites for hydroxylation is 1. The second-order valence-corrected chi connectivity index (χ2v) is 6.53. The van der Waals surface area contributed by atoms with Crippen LogP contribution in [0.3, 0.4) is 0 Å². The second kappa shape index (κ2) is 6.07. The number of pyridine rings is 1. The van der Waals surface area contributed by atoms with Crippen molar-refractivity contribution < 1.29 is 5.11 Å². The van der Waals surface area contributed by atoms with Gasteiger partial charge in [0.05, 0.1) is 11.0 Å². The van der Waals surface area contributed by atoms with E-state index in [4.69, 9.17) is 10.7 Å². The van der Waals surface area contributed by atoms with Gasteiger partial charge in [0.1, 0.15) is 17.1 Å². The molecule has 122 valence electrons. The fourth-order valence-electron chi connectivity index (χ4n) is 3.03. The van der Waals surface area contributed by atoms with Crippen LogP contribution in [0.15, 0.2) is 18.2 Å². The van der Waals surface area contributed by atoms with Crippen LogP contribution in [0.2, 0.25) is 0 Å². The highest BCUT2D eigenvalue weighted by Gasteiger charge is 2.17. The van der Waals surface area contributed by atoms with Crippen LogP contribution in [0.5, 0.6) is 5.75 Å². The molecule has 1 aromatic carbocycles.